The molecule has 3 nitrogen and oxygen atoms in total. The van der Waals surface area contributed by atoms with Crippen molar-refractivity contribution in [3.63, 3.8) is 0 Å². The molecule has 1 aliphatic rings. The molecule has 1 fully saturated rings. The van der Waals surface area contributed by atoms with E-state index in [-0.39, 0.29) is 11.9 Å². The molecule has 104 valence electrons. The van der Waals surface area contributed by atoms with Gasteiger partial charge in [-0.1, -0.05) is 30.3 Å². The Labute approximate surface area is 119 Å². The van der Waals surface area contributed by atoms with Gasteiger partial charge in [-0.25, -0.2) is 0 Å². The minimum absolute atomic E-state index is 0.0449. The van der Waals surface area contributed by atoms with Crippen LogP contribution in [0.1, 0.15) is 30.9 Å². The van der Waals surface area contributed by atoms with Gasteiger partial charge in [-0.3, -0.25) is 4.79 Å². The van der Waals surface area contributed by atoms with Crippen molar-refractivity contribution in [2.24, 2.45) is 5.73 Å². The first-order valence-corrected chi connectivity index (χ1v) is 7.98. The van der Waals surface area contributed by atoms with Gasteiger partial charge in [-0.05, 0) is 24.2 Å². The number of nitrogens with two attached hydrogens (primary N) is 1. The van der Waals surface area contributed by atoms with Crippen molar-refractivity contribution in [2.75, 3.05) is 18.6 Å². The highest BCUT2D eigenvalue weighted by atomic mass is 32.2. The molecule has 0 saturated carbocycles. The van der Waals surface area contributed by atoms with Crippen molar-refractivity contribution in [3.8, 4) is 0 Å². The molecule has 2 N–H and O–H groups in total. The second-order valence-electron chi connectivity index (χ2n) is 5.08. The monoisotopic (exact) mass is 278 g/mol. The molecule has 2 rings (SSSR count). The number of nitrogens with zero attached hydrogens (tertiary/aromatic N) is 1. The molecule has 0 radical (unpaired) electrons. The highest BCUT2D eigenvalue weighted by Gasteiger charge is 2.23. The minimum Gasteiger partial charge on any atom is -0.342 e. The average molecular weight is 278 g/mol. The third kappa shape index (κ3) is 3.98. The number of carbonyl (C=O) groups is 1. The fraction of sp³-hybridized carbons (Fsp3) is 0.533. The van der Waals surface area contributed by atoms with Crippen LogP contribution in [0.4, 0.5) is 0 Å². The van der Waals surface area contributed by atoms with Gasteiger partial charge in [0.25, 0.3) is 0 Å². The topological polar surface area (TPSA) is 46.3 Å². The van der Waals surface area contributed by atoms with Crippen molar-refractivity contribution in [2.45, 2.75) is 31.3 Å². The third-order valence-corrected chi connectivity index (χ3v) is 4.89. The summed E-state index contributed by atoms with van der Waals surface area (Å²) in [5.41, 5.74) is 7.23. The third-order valence-electron chi connectivity index (χ3n) is 3.74. The van der Waals surface area contributed by atoms with Crippen molar-refractivity contribution < 1.29 is 4.79 Å². The average Bonchev–Trinajstić information content (AvgIpc) is 2.98. The zero-order chi connectivity index (χ0) is 13.7. The van der Waals surface area contributed by atoms with Gasteiger partial charge in [0.05, 0.1) is 0 Å². The highest BCUT2D eigenvalue weighted by Crippen LogP contribution is 2.23. The lowest BCUT2D eigenvalue weighted by atomic mass is 10.0. The molecule has 2 atom stereocenters. The zero-order valence-corrected chi connectivity index (χ0v) is 12.2. The second-order valence-corrected chi connectivity index (χ2v) is 6.23. The molecule has 1 aromatic carbocycles. The van der Waals surface area contributed by atoms with Crippen molar-refractivity contribution in [1.29, 1.82) is 0 Å². The van der Waals surface area contributed by atoms with Gasteiger partial charge < -0.3 is 10.6 Å². The molecule has 1 aliphatic heterocycles. The summed E-state index contributed by atoms with van der Waals surface area (Å²) in [6.45, 7) is 0. The summed E-state index contributed by atoms with van der Waals surface area (Å²) in [7, 11) is 1.92. The predicted octanol–water partition coefficient (Wildman–Crippen LogP) is 2.43. The molecular weight excluding hydrogens is 256 g/mol. The maximum atomic E-state index is 12.1. The lowest BCUT2D eigenvalue weighted by Crippen LogP contribution is -2.37. The Kier molecular flexibility index (Phi) is 5.28. The van der Waals surface area contributed by atoms with Gasteiger partial charge in [0.1, 0.15) is 0 Å². The highest BCUT2D eigenvalue weighted by molar-refractivity contribution is 7.99. The molecule has 1 heterocycles. The van der Waals surface area contributed by atoms with E-state index in [4.69, 9.17) is 5.73 Å². The Bertz CT molecular complexity index is 404. The number of benzene rings is 1. The largest absolute Gasteiger partial charge is 0.342 e. The van der Waals surface area contributed by atoms with E-state index in [1.807, 2.05) is 54.0 Å². The van der Waals surface area contributed by atoms with E-state index < -0.39 is 0 Å². The lowest BCUT2D eigenvalue weighted by molar-refractivity contribution is -0.131. The first-order valence-electron chi connectivity index (χ1n) is 6.82. The van der Waals surface area contributed by atoms with Crippen LogP contribution in [-0.2, 0) is 4.79 Å². The summed E-state index contributed by atoms with van der Waals surface area (Å²) < 4.78 is 0. The molecule has 1 saturated heterocycles. The molecule has 4 heteroatoms. The van der Waals surface area contributed by atoms with Gasteiger partial charge in [-0.2, -0.15) is 11.8 Å². The predicted molar refractivity (Wildman–Crippen MR) is 81.1 cm³/mol. The SMILES string of the molecule is CN(C(=O)CCC(N)c1ccccc1)C1CCSC1. The minimum atomic E-state index is -0.0449. The van der Waals surface area contributed by atoms with Crippen LogP contribution in [0, 0.1) is 0 Å². The molecule has 1 amide bonds. The standard InChI is InChI=1S/C15H22N2OS/c1-17(13-9-10-19-11-13)15(18)8-7-14(16)12-5-3-2-4-6-12/h2-6,13-14H,7-11,16H2,1H3. The summed E-state index contributed by atoms with van der Waals surface area (Å²) in [6.07, 6.45) is 2.37. The quantitative estimate of drug-likeness (QED) is 0.900. The van der Waals surface area contributed by atoms with Crippen LogP contribution in [0.15, 0.2) is 30.3 Å². The van der Waals surface area contributed by atoms with Gasteiger partial charge in [0.2, 0.25) is 5.91 Å². The van der Waals surface area contributed by atoms with E-state index in [0.29, 0.717) is 18.9 Å². The van der Waals surface area contributed by atoms with Crippen LogP contribution >= 0.6 is 11.8 Å². The molecule has 2 unspecified atom stereocenters. The Morgan fingerprint density at radius 2 is 2.21 bits per heavy atom. The van der Waals surface area contributed by atoms with E-state index >= 15 is 0 Å². The van der Waals surface area contributed by atoms with Crippen LogP contribution in [0.3, 0.4) is 0 Å². The van der Waals surface area contributed by atoms with Crippen LogP contribution in [0.25, 0.3) is 0 Å². The van der Waals surface area contributed by atoms with E-state index in [0.717, 1.165) is 17.7 Å². The van der Waals surface area contributed by atoms with Crippen LogP contribution in [-0.4, -0.2) is 35.4 Å². The van der Waals surface area contributed by atoms with E-state index in [2.05, 4.69) is 0 Å². The molecule has 1 aromatic rings. The maximum absolute atomic E-state index is 12.1. The van der Waals surface area contributed by atoms with Crippen molar-refractivity contribution >= 4 is 17.7 Å². The molecular formula is C15H22N2OS. The Morgan fingerprint density at radius 3 is 2.84 bits per heavy atom. The van der Waals surface area contributed by atoms with Gasteiger partial charge in [-0.15, -0.1) is 0 Å². The molecule has 19 heavy (non-hydrogen) atoms. The molecule has 0 bridgehead atoms. The van der Waals surface area contributed by atoms with E-state index in [1.165, 1.54) is 5.75 Å². The van der Waals surface area contributed by atoms with Crippen LogP contribution < -0.4 is 5.73 Å². The van der Waals surface area contributed by atoms with Crippen LogP contribution in [0.2, 0.25) is 0 Å². The first kappa shape index (κ1) is 14.4. The van der Waals surface area contributed by atoms with E-state index in [9.17, 15) is 4.79 Å². The van der Waals surface area contributed by atoms with E-state index in [1.54, 1.807) is 0 Å². The number of hydrogen-bond acceptors (Lipinski definition) is 3. The summed E-state index contributed by atoms with van der Waals surface area (Å²) >= 11 is 1.93. The van der Waals surface area contributed by atoms with Crippen molar-refractivity contribution in [1.82, 2.24) is 4.90 Å². The Morgan fingerprint density at radius 1 is 1.47 bits per heavy atom. The molecule has 0 spiro atoms. The van der Waals surface area contributed by atoms with Gasteiger partial charge >= 0.3 is 0 Å². The molecule has 0 aliphatic carbocycles. The number of rotatable bonds is 5. The summed E-state index contributed by atoms with van der Waals surface area (Å²) in [6, 6.07) is 10.4. The Balaban J connectivity index is 1.79. The maximum Gasteiger partial charge on any atom is 0.222 e. The number of hydrogen-bond donors (Lipinski definition) is 1. The van der Waals surface area contributed by atoms with Gasteiger partial charge in [0.15, 0.2) is 0 Å². The Hall–Kier alpha value is -1.00. The lowest BCUT2D eigenvalue weighted by Gasteiger charge is -2.24. The number of carbonyl (C=O) groups excluding carboxylic acids is 1. The fourth-order valence-electron chi connectivity index (χ4n) is 2.35. The molecule has 0 aromatic heterocycles. The normalized spacial score (nSPS) is 20.2. The van der Waals surface area contributed by atoms with Crippen molar-refractivity contribution in [3.05, 3.63) is 35.9 Å². The summed E-state index contributed by atoms with van der Waals surface area (Å²) in [4.78, 5) is 14.0. The number of thioether (sulfide) groups is 1. The zero-order valence-electron chi connectivity index (χ0n) is 11.4. The summed E-state index contributed by atoms with van der Waals surface area (Å²) in [5.74, 6) is 2.47. The number of amides is 1. The van der Waals surface area contributed by atoms with Gasteiger partial charge in [0, 0.05) is 31.3 Å². The smallest absolute Gasteiger partial charge is 0.222 e. The first-order chi connectivity index (χ1) is 9.18. The summed E-state index contributed by atoms with van der Waals surface area (Å²) in [5, 5.41) is 0. The fourth-order valence-corrected chi connectivity index (χ4v) is 3.62. The second kappa shape index (κ2) is 6.96. The van der Waals surface area contributed by atoms with Crippen LogP contribution in [0.5, 0.6) is 0 Å².